The van der Waals surface area contributed by atoms with E-state index in [1.165, 1.54) is 0 Å². The fourth-order valence-corrected chi connectivity index (χ4v) is 0.367. The minimum Gasteiger partial charge on any atom is -0.366 e. The first-order chi connectivity index (χ1) is 4.91. The van der Waals surface area contributed by atoms with Crippen LogP contribution in [-0.4, -0.2) is 26.4 Å². The van der Waals surface area contributed by atoms with Crippen molar-refractivity contribution in [1.29, 1.82) is 5.26 Å². The highest BCUT2D eigenvalue weighted by Gasteiger charge is 1.84. The first kappa shape index (κ1) is 8.97. The highest BCUT2D eigenvalue weighted by molar-refractivity contribution is 4.82. The molecule has 0 aliphatic heterocycles. The van der Waals surface area contributed by atoms with E-state index >= 15 is 0 Å². The van der Waals surface area contributed by atoms with E-state index in [0.717, 1.165) is 0 Å². The Balaban J connectivity index is 2.80. The van der Waals surface area contributed by atoms with Gasteiger partial charge in [-0.2, -0.15) is 5.26 Å². The van der Waals surface area contributed by atoms with Crippen molar-refractivity contribution < 1.29 is 9.47 Å². The van der Waals surface area contributed by atoms with Crippen molar-refractivity contribution in [2.75, 3.05) is 26.4 Å². The molecule has 0 aromatic rings. The third kappa shape index (κ3) is 6.97. The van der Waals surface area contributed by atoms with Gasteiger partial charge in [-0.15, -0.1) is 6.42 Å². The highest BCUT2D eigenvalue weighted by atomic mass is 16.5. The Kier molecular flexibility index (Phi) is 7.15. The first-order valence-electron chi connectivity index (χ1n) is 2.87. The van der Waals surface area contributed by atoms with Crippen LogP contribution in [0.5, 0.6) is 0 Å². The number of ether oxygens (including phenoxy) is 2. The topological polar surface area (TPSA) is 42.2 Å². The minimum absolute atomic E-state index is 0.111. The van der Waals surface area contributed by atoms with Gasteiger partial charge in [0.2, 0.25) is 0 Å². The molecule has 54 valence electrons. The zero-order valence-electron chi connectivity index (χ0n) is 5.67. The van der Waals surface area contributed by atoms with Crippen LogP contribution in [0.15, 0.2) is 0 Å². The second-order valence-corrected chi connectivity index (χ2v) is 1.47. The third-order valence-electron chi connectivity index (χ3n) is 0.724. The second kappa shape index (κ2) is 7.97. The molecule has 3 heteroatoms. The standard InChI is InChI=1S/C7H9NO2/c1-2-4-9-6-7-10-5-3-8/h1H,4-7H2. The molecule has 0 saturated heterocycles. The van der Waals surface area contributed by atoms with E-state index in [-0.39, 0.29) is 6.61 Å². The van der Waals surface area contributed by atoms with Crippen molar-refractivity contribution in [1.82, 2.24) is 0 Å². The monoisotopic (exact) mass is 139 g/mol. The average molecular weight is 139 g/mol. The summed E-state index contributed by atoms with van der Waals surface area (Å²) >= 11 is 0. The molecule has 0 aromatic carbocycles. The molecule has 0 aliphatic rings. The number of nitriles is 1. The molecule has 0 aromatic heterocycles. The lowest BCUT2D eigenvalue weighted by molar-refractivity contribution is 0.0745. The molecule has 0 amide bonds. The minimum atomic E-state index is 0.111. The summed E-state index contributed by atoms with van der Waals surface area (Å²) in [6, 6.07) is 1.84. The third-order valence-corrected chi connectivity index (χ3v) is 0.724. The van der Waals surface area contributed by atoms with Crippen LogP contribution in [-0.2, 0) is 9.47 Å². The molecule has 0 atom stereocenters. The average Bonchev–Trinajstić information content (AvgIpc) is 1.97. The Labute approximate surface area is 60.5 Å². The Morgan fingerprint density at radius 2 is 1.80 bits per heavy atom. The molecular weight excluding hydrogens is 130 g/mol. The van der Waals surface area contributed by atoms with Gasteiger partial charge in [0.1, 0.15) is 13.2 Å². The van der Waals surface area contributed by atoms with Gasteiger partial charge in [-0.3, -0.25) is 0 Å². The zero-order valence-corrected chi connectivity index (χ0v) is 5.67. The van der Waals surface area contributed by atoms with Gasteiger partial charge in [-0.25, -0.2) is 0 Å². The molecule has 0 bridgehead atoms. The zero-order chi connectivity index (χ0) is 7.66. The van der Waals surface area contributed by atoms with Gasteiger partial charge in [0.15, 0.2) is 0 Å². The number of nitrogens with zero attached hydrogens (tertiary/aromatic N) is 1. The Morgan fingerprint density at radius 3 is 2.30 bits per heavy atom. The molecule has 0 unspecified atom stereocenters. The van der Waals surface area contributed by atoms with Gasteiger partial charge in [0.25, 0.3) is 0 Å². The van der Waals surface area contributed by atoms with Crippen LogP contribution in [0.4, 0.5) is 0 Å². The van der Waals surface area contributed by atoms with Crippen LogP contribution in [0.1, 0.15) is 0 Å². The van der Waals surface area contributed by atoms with Crippen molar-refractivity contribution in [3.8, 4) is 18.4 Å². The summed E-state index contributed by atoms with van der Waals surface area (Å²) in [6.45, 7) is 1.29. The van der Waals surface area contributed by atoms with E-state index in [9.17, 15) is 0 Å². The fraction of sp³-hybridized carbons (Fsp3) is 0.571. The summed E-state index contributed by atoms with van der Waals surface area (Å²) in [7, 11) is 0. The van der Waals surface area contributed by atoms with E-state index in [1.807, 2.05) is 6.07 Å². The van der Waals surface area contributed by atoms with Crippen LogP contribution >= 0.6 is 0 Å². The lowest BCUT2D eigenvalue weighted by atomic mass is 10.7. The normalized spacial score (nSPS) is 8.20. The van der Waals surface area contributed by atoms with Gasteiger partial charge < -0.3 is 9.47 Å². The molecule has 0 heterocycles. The number of hydrogen-bond donors (Lipinski definition) is 0. The summed E-state index contributed by atoms with van der Waals surface area (Å²) in [4.78, 5) is 0. The SMILES string of the molecule is C#CCOCCOCC#N. The summed E-state index contributed by atoms with van der Waals surface area (Å²) in [6.07, 6.45) is 4.90. The maximum atomic E-state index is 8.02. The molecule has 0 N–H and O–H groups in total. The van der Waals surface area contributed by atoms with E-state index in [1.54, 1.807) is 0 Å². The largest absolute Gasteiger partial charge is 0.366 e. The number of rotatable bonds is 5. The summed E-state index contributed by atoms with van der Waals surface area (Å²) in [5.74, 6) is 2.32. The Hall–Kier alpha value is -1.03. The molecule has 0 radical (unpaired) electrons. The van der Waals surface area contributed by atoms with Crippen molar-refractivity contribution >= 4 is 0 Å². The van der Waals surface area contributed by atoms with Crippen molar-refractivity contribution in [3.63, 3.8) is 0 Å². The van der Waals surface area contributed by atoms with Crippen molar-refractivity contribution in [3.05, 3.63) is 0 Å². The van der Waals surface area contributed by atoms with Gasteiger partial charge in [-0.1, -0.05) is 5.92 Å². The molecule has 3 nitrogen and oxygen atoms in total. The number of hydrogen-bond acceptors (Lipinski definition) is 3. The van der Waals surface area contributed by atoms with Gasteiger partial charge >= 0.3 is 0 Å². The maximum Gasteiger partial charge on any atom is 0.133 e. The van der Waals surface area contributed by atoms with Crippen LogP contribution in [0.2, 0.25) is 0 Å². The predicted octanol–water partition coefficient (Wildman–Crippen LogP) is 0.176. The fourth-order valence-electron chi connectivity index (χ4n) is 0.367. The molecule has 0 fully saturated rings. The maximum absolute atomic E-state index is 8.02. The predicted molar refractivity (Wildman–Crippen MR) is 36.1 cm³/mol. The Morgan fingerprint density at radius 1 is 1.20 bits per heavy atom. The first-order valence-corrected chi connectivity index (χ1v) is 2.87. The molecule has 0 spiro atoms. The molecular formula is C7H9NO2. The van der Waals surface area contributed by atoms with Crippen LogP contribution < -0.4 is 0 Å². The van der Waals surface area contributed by atoms with Crippen molar-refractivity contribution in [2.45, 2.75) is 0 Å². The molecule has 10 heavy (non-hydrogen) atoms. The van der Waals surface area contributed by atoms with E-state index < -0.39 is 0 Å². The van der Waals surface area contributed by atoms with Gasteiger partial charge in [0.05, 0.1) is 19.3 Å². The summed E-state index contributed by atoms with van der Waals surface area (Å²) < 4.78 is 9.63. The molecule has 0 aliphatic carbocycles. The summed E-state index contributed by atoms with van der Waals surface area (Å²) in [5.41, 5.74) is 0. The second-order valence-electron chi connectivity index (χ2n) is 1.47. The molecule has 0 saturated carbocycles. The Bertz CT molecular complexity index is 125. The molecule has 0 rings (SSSR count). The smallest absolute Gasteiger partial charge is 0.133 e. The quantitative estimate of drug-likeness (QED) is 0.403. The van der Waals surface area contributed by atoms with Crippen LogP contribution in [0.3, 0.4) is 0 Å². The van der Waals surface area contributed by atoms with Crippen molar-refractivity contribution in [2.24, 2.45) is 0 Å². The van der Waals surface area contributed by atoms with E-state index in [4.69, 9.17) is 21.2 Å². The van der Waals surface area contributed by atoms with Gasteiger partial charge in [0, 0.05) is 0 Å². The lowest BCUT2D eigenvalue weighted by Crippen LogP contribution is -2.04. The van der Waals surface area contributed by atoms with Gasteiger partial charge in [-0.05, 0) is 0 Å². The lowest BCUT2D eigenvalue weighted by Gasteiger charge is -1.97. The highest BCUT2D eigenvalue weighted by Crippen LogP contribution is 1.75. The van der Waals surface area contributed by atoms with Crippen LogP contribution in [0.25, 0.3) is 0 Å². The van der Waals surface area contributed by atoms with E-state index in [2.05, 4.69) is 5.92 Å². The van der Waals surface area contributed by atoms with E-state index in [0.29, 0.717) is 19.8 Å². The van der Waals surface area contributed by atoms with Crippen LogP contribution in [0, 0.1) is 23.7 Å². The number of terminal acetylenes is 1. The summed E-state index contributed by atoms with van der Waals surface area (Å²) in [5, 5.41) is 8.02.